The van der Waals surface area contributed by atoms with E-state index in [1.165, 1.54) is 5.56 Å². The van der Waals surface area contributed by atoms with Crippen molar-refractivity contribution in [1.82, 2.24) is 0 Å². The number of ether oxygens (including phenoxy) is 1. The van der Waals surface area contributed by atoms with Gasteiger partial charge in [-0.3, -0.25) is 4.79 Å². The van der Waals surface area contributed by atoms with E-state index in [1.807, 2.05) is 36.4 Å². The third-order valence-corrected chi connectivity index (χ3v) is 4.08. The van der Waals surface area contributed by atoms with Crippen LogP contribution in [0.3, 0.4) is 0 Å². The van der Waals surface area contributed by atoms with E-state index in [2.05, 4.69) is 34.8 Å². The monoisotopic (exact) mass is 423 g/mol. The summed E-state index contributed by atoms with van der Waals surface area (Å²) < 4.78 is 6.23. The Balaban J connectivity index is 1.93. The average molecular weight is 423 g/mol. The highest BCUT2D eigenvalue weighted by Gasteiger charge is 2.19. The van der Waals surface area contributed by atoms with Crippen LogP contribution in [0.15, 0.2) is 48.5 Å². The van der Waals surface area contributed by atoms with E-state index in [0.29, 0.717) is 11.3 Å². The van der Waals surface area contributed by atoms with Gasteiger partial charge in [0, 0.05) is 9.26 Å². The quantitative estimate of drug-likeness (QED) is 0.584. The summed E-state index contributed by atoms with van der Waals surface area (Å²) in [6.45, 7) is 3.63. The Labute approximate surface area is 149 Å². The van der Waals surface area contributed by atoms with Gasteiger partial charge < -0.3 is 10.1 Å². The molecule has 120 valence electrons. The molecule has 1 N–H and O–H groups in total. The van der Waals surface area contributed by atoms with Gasteiger partial charge in [-0.05, 0) is 77.9 Å². The van der Waals surface area contributed by atoms with Crippen molar-refractivity contribution in [2.45, 2.75) is 26.4 Å². The first-order valence-electron chi connectivity index (χ1n) is 7.36. The van der Waals surface area contributed by atoms with Crippen molar-refractivity contribution in [3.05, 3.63) is 63.2 Å². The van der Waals surface area contributed by atoms with Gasteiger partial charge in [0.1, 0.15) is 0 Å². The number of carbonyl (C=O) groups is 2. The lowest BCUT2D eigenvalue weighted by atomic mass is 10.1. The summed E-state index contributed by atoms with van der Waals surface area (Å²) in [5.74, 6) is -0.863. The first-order valence-corrected chi connectivity index (χ1v) is 8.44. The third kappa shape index (κ3) is 5.06. The molecule has 2 aromatic rings. The first-order chi connectivity index (χ1) is 11.0. The second-order valence-electron chi connectivity index (χ2n) is 5.09. The molecule has 0 radical (unpaired) electrons. The SMILES string of the molecule is CCc1ccc(NC(=O)[C@@H](C)OC(=O)c2ccc(I)cc2)cc1. The normalized spacial score (nSPS) is 11.6. The summed E-state index contributed by atoms with van der Waals surface area (Å²) in [7, 11) is 0. The van der Waals surface area contributed by atoms with Crippen LogP contribution in [-0.4, -0.2) is 18.0 Å². The zero-order valence-electron chi connectivity index (χ0n) is 13.0. The Bertz CT molecular complexity index is 680. The highest BCUT2D eigenvalue weighted by molar-refractivity contribution is 14.1. The molecule has 2 aromatic carbocycles. The molecular weight excluding hydrogens is 405 g/mol. The van der Waals surface area contributed by atoms with E-state index in [4.69, 9.17) is 4.74 Å². The second kappa shape index (κ2) is 8.10. The van der Waals surface area contributed by atoms with Crippen LogP contribution in [0.2, 0.25) is 0 Å². The molecule has 0 aliphatic heterocycles. The fourth-order valence-electron chi connectivity index (χ4n) is 1.94. The van der Waals surface area contributed by atoms with Gasteiger partial charge in [0.15, 0.2) is 6.10 Å². The molecule has 0 saturated heterocycles. The number of hydrogen-bond donors (Lipinski definition) is 1. The predicted octanol–water partition coefficient (Wildman–Crippen LogP) is 4.04. The van der Waals surface area contributed by atoms with Crippen molar-refractivity contribution < 1.29 is 14.3 Å². The van der Waals surface area contributed by atoms with Gasteiger partial charge in [0.05, 0.1) is 5.56 Å². The number of amides is 1. The smallest absolute Gasteiger partial charge is 0.338 e. The molecule has 0 aromatic heterocycles. The lowest BCUT2D eigenvalue weighted by Gasteiger charge is -2.14. The van der Waals surface area contributed by atoms with Crippen molar-refractivity contribution in [1.29, 1.82) is 0 Å². The standard InChI is InChI=1S/C18H18INO3/c1-3-13-4-10-16(11-5-13)20-17(21)12(2)23-18(22)14-6-8-15(19)9-7-14/h4-12H,3H2,1-2H3,(H,20,21)/t12-/m1/s1. The van der Waals surface area contributed by atoms with Crippen LogP contribution < -0.4 is 5.32 Å². The fraction of sp³-hybridized carbons (Fsp3) is 0.222. The topological polar surface area (TPSA) is 55.4 Å². The Morgan fingerprint density at radius 1 is 1.09 bits per heavy atom. The maximum atomic E-state index is 12.1. The second-order valence-corrected chi connectivity index (χ2v) is 6.34. The van der Waals surface area contributed by atoms with Gasteiger partial charge in [0.25, 0.3) is 5.91 Å². The molecule has 0 heterocycles. The number of halogens is 1. The van der Waals surface area contributed by atoms with Crippen molar-refractivity contribution in [3.8, 4) is 0 Å². The average Bonchev–Trinajstić information content (AvgIpc) is 2.56. The van der Waals surface area contributed by atoms with Crippen LogP contribution in [0, 0.1) is 3.57 Å². The van der Waals surface area contributed by atoms with Crippen LogP contribution in [0.4, 0.5) is 5.69 Å². The van der Waals surface area contributed by atoms with Crippen LogP contribution >= 0.6 is 22.6 Å². The number of esters is 1. The number of benzene rings is 2. The maximum absolute atomic E-state index is 12.1. The molecule has 4 nitrogen and oxygen atoms in total. The van der Waals surface area contributed by atoms with Crippen molar-refractivity contribution >= 4 is 40.2 Å². The Morgan fingerprint density at radius 3 is 2.26 bits per heavy atom. The molecule has 2 rings (SSSR count). The molecule has 1 atom stereocenters. The van der Waals surface area contributed by atoms with Gasteiger partial charge in [0.2, 0.25) is 0 Å². The Morgan fingerprint density at radius 2 is 1.70 bits per heavy atom. The number of nitrogens with one attached hydrogen (secondary N) is 1. The number of anilines is 1. The lowest BCUT2D eigenvalue weighted by molar-refractivity contribution is -0.123. The van der Waals surface area contributed by atoms with Gasteiger partial charge in [-0.1, -0.05) is 19.1 Å². The minimum Gasteiger partial charge on any atom is -0.449 e. The van der Waals surface area contributed by atoms with Gasteiger partial charge in [-0.25, -0.2) is 4.79 Å². The molecule has 5 heteroatoms. The van der Waals surface area contributed by atoms with E-state index in [0.717, 1.165) is 9.99 Å². The van der Waals surface area contributed by atoms with Gasteiger partial charge in [-0.2, -0.15) is 0 Å². The lowest BCUT2D eigenvalue weighted by Crippen LogP contribution is -2.30. The molecule has 23 heavy (non-hydrogen) atoms. The highest BCUT2D eigenvalue weighted by Crippen LogP contribution is 2.12. The molecule has 0 aliphatic rings. The molecule has 0 spiro atoms. The molecule has 0 unspecified atom stereocenters. The Kier molecular flexibility index (Phi) is 6.15. The van der Waals surface area contributed by atoms with Crippen LogP contribution in [0.5, 0.6) is 0 Å². The summed E-state index contributed by atoms with van der Waals surface area (Å²) >= 11 is 2.16. The molecular formula is C18H18INO3. The summed E-state index contributed by atoms with van der Waals surface area (Å²) in [4.78, 5) is 24.1. The highest BCUT2D eigenvalue weighted by atomic mass is 127. The number of aryl methyl sites for hydroxylation is 1. The molecule has 0 fully saturated rings. The van der Waals surface area contributed by atoms with Crippen molar-refractivity contribution in [2.24, 2.45) is 0 Å². The zero-order valence-corrected chi connectivity index (χ0v) is 15.2. The summed E-state index contributed by atoms with van der Waals surface area (Å²) in [6, 6.07) is 14.6. The summed E-state index contributed by atoms with van der Waals surface area (Å²) in [5, 5.41) is 2.74. The molecule has 0 bridgehead atoms. The molecule has 0 saturated carbocycles. The van der Waals surface area contributed by atoms with E-state index < -0.39 is 12.1 Å². The number of carbonyl (C=O) groups excluding carboxylic acids is 2. The summed E-state index contributed by atoms with van der Waals surface area (Å²) in [6.07, 6.45) is 0.0748. The van der Waals surface area contributed by atoms with E-state index in [-0.39, 0.29) is 5.91 Å². The minimum atomic E-state index is -0.868. The fourth-order valence-corrected chi connectivity index (χ4v) is 2.30. The van der Waals surface area contributed by atoms with Crippen molar-refractivity contribution in [3.63, 3.8) is 0 Å². The predicted molar refractivity (Wildman–Crippen MR) is 98.5 cm³/mol. The van der Waals surface area contributed by atoms with Crippen LogP contribution in [0.1, 0.15) is 29.8 Å². The van der Waals surface area contributed by atoms with Crippen LogP contribution in [-0.2, 0) is 16.0 Å². The first kappa shape index (κ1) is 17.5. The maximum Gasteiger partial charge on any atom is 0.338 e. The van der Waals surface area contributed by atoms with Gasteiger partial charge >= 0.3 is 5.97 Å². The van der Waals surface area contributed by atoms with Gasteiger partial charge in [-0.15, -0.1) is 0 Å². The molecule has 0 aliphatic carbocycles. The zero-order chi connectivity index (χ0) is 16.8. The minimum absolute atomic E-state index is 0.354. The van der Waals surface area contributed by atoms with E-state index >= 15 is 0 Å². The third-order valence-electron chi connectivity index (χ3n) is 3.36. The number of hydrogen-bond acceptors (Lipinski definition) is 3. The summed E-state index contributed by atoms with van der Waals surface area (Å²) in [5.41, 5.74) is 2.31. The van der Waals surface area contributed by atoms with Crippen LogP contribution in [0.25, 0.3) is 0 Å². The largest absolute Gasteiger partial charge is 0.449 e. The van der Waals surface area contributed by atoms with E-state index in [1.54, 1.807) is 19.1 Å². The van der Waals surface area contributed by atoms with E-state index in [9.17, 15) is 9.59 Å². The Hall–Kier alpha value is -1.89. The molecule has 1 amide bonds. The number of rotatable bonds is 5. The van der Waals surface area contributed by atoms with Crippen molar-refractivity contribution in [2.75, 3.05) is 5.32 Å².